The highest BCUT2D eigenvalue weighted by atomic mass is 35.5. The number of fused-ring (bicyclic) bond motifs is 3. The molecular formula is C11H10ClNO2. The van der Waals surface area contributed by atoms with Crippen LogP contribution in [0.2, 0.25) is 5.02 Å². The van der Waals surface area contributed by atoms with Crippen LogP contribution in [0.5, 0.6) is 0 Å². The van der Waals surface area contributed by atoms with Gasteiger partial charge in [-0.2, -0.15) is 0 Å². The first kappa shape index (κ1) is 9.19. The Kier molecular flexibility index (Phi) is 1.82. The molecule has 2 aliphatic carbocycles. The van der Waals surface area contributed by atoms with Gasteiger partial charge in [0.2, 0.25) is 5.91 Å². The maximum atomic E-state index is 11.3. The van der Waals surface area contributed by atoms with Crippen LogP contribution in [0.15, 0.2) is 18.2 Å². The minimum absolute atomic E-state index is 0.0383. The summed E-state index contributed by atoms with van der Waals surface area (Å²) in [5.74, 6) is 0.365. The first-order valence-electron chi connectivity index (χ1n) is 4.94. The van der Waals surface area contributed by atoms with Crippen LogP contribution in [0.4, 0.5) is 0 Å². The third kappa shape index (κ3) is 1.20. The first-order valence-corrected chi connectivity index (χ1v) is 5.32. The van der Waals surface area contributed by atoms with Gasteiger partial charge in [-0.15, -0.1) is 0 Å². The molecule has 3 nitrogen and oxygen atoms in total. The van der Waals surface area contributed by atoms with Gasteiger partial charge >= 0.3 is 0 Å². The molecule has 0 spiro atoms. The molecule has 0 bridgehead atoms. The summed E-state index contributed by atoms with van der Waals surface area (Å²) in [4.78, 5) is 11.3. The van der Waals surface area contributed by atoms with Gasteiger partial charge in [-0.1, -0.05) is 17.7 Å². The Balaban J connectivity index is 1.91. The number of hydrogen-bond donors (Lipinski definition) is 2. The van der Waals surface area contributed by atoms with Crippen LogP contribution in [0.3, 0.4) is 0 Å². The molecular weight excluding hydrogens is 214 g/mol. The van der Waals surface area contributed by atoms with E-state index >= 15 is 0 Å². The van der Waals surface area contributed by atoms with E-state index in [1.165, 1.54) is 11.1 Å². The van der Waals surface area contributed by atoms with Crippen molar-refractivity contribution in [1.29, 1.82) is 0 Å². The van der Waals surface area contributed by atoms with Crippen LogP contribution in [-0.2, 0) is 11.2 Å². The number of carbonyl (C=O) groups excluding carboxylic acids is 1. The van der Waals surface area contributed by atoms with Gasteiger partial charge in [0.25, 0.3) is 0 Å². The molecule has 1 aromatic carbocycles. The van der Waals surface area contributed by atoms with E-state index in [0.717, 1.165) is 11.4 Å². The summed E-state index contributed by atoms with van der Waals surface area (Å²) in [6.45, 7) is 0. The smallest absolute Gasteiger partial charge is 0.247 e. The SMILES string of the molecule is O=C(NO)C1C2Cc3cc(Cl)ccc3C21. The van der Waals surface area contributed by atoms with E-state index in [1.807, 2.05) is 18.2 Å². The third-order valence-corrected chi connectivity index (χ3v) is 3.74. The zero-order chi connectivity index (χ0) is 10.6. The van der Waals surface area contributed by atoms with Gasteiger partial charge in [0, 0.05) is 10.9 Å². The molecule has 3 atom stereocenters. The van der Waals surface area contributed by atoms with E-state index < -0.39 is 0 Å². The van der Waals surface area contributed by atoms with Crippen LogP contribution < -0.4 is 5.48 Å². The average molecular weight is 224 g/mol. The van der Waals surface area contributed by atoms with Gasteiger partial charge in [0.05, 0.1) is 5.92 Å². The van der Waals surface area contributed by atoms with Crippen molar-refractivity contribution >= 4 is 17.5 Å². The standard InChI is InChI=1S/C11H10ClNO2/c12-6-1-2-7-5(3-6)4-8-9(7)10(8)11(14)13-15/h1-3,8-10,15H,4H2,(H,13,14). The zero-order valence-corrected chi connectivity index (χ0v) is 8.66. The number of carbonyl (C=O) groups is 1. The van der Waals surface area contributed by atoms with E-state index in [9.17, 15) is 4.79 Å². The molecule has 0 heterocycles. The van der Waals surface area contributed by atoms with Crippen molar-refractivity contribution in [2.75, 3.05) is 0 Å². The molecule has 3 unspecified atom stereocenters. The highest BCUT2D eigenvalue weighted by Crippen LogP contribution is 2.61. The highest BCUT2D eigenvalue weighted by molar-refractivity contribution is 6.30. The first-order chi connectivity index (χ1) is 7.22. The summed E-state index contributed by atoms with van der Waals surface area (Å²) in [7, 11) is 0. The number of halogens is 1. The number of nitrogens with one attached hydrogen (secondary N) is 1. The molecule has 1 amide bonds. The second-order valence-electron chi connectivity index (χ2n) is 4.24. The highest BCUT2D eigenvalue weighted by Gasteiger charge is 2.59. The van der Waals surface area contributed by atoms with E-state index in [4.69, 9.17) is 16.8 Å². The van der Waals surface area contributed by atoms with Crippen molar-refractivity contribution < 1.29 is 10.0 Å². The summed E-state index contributed by atoms with van der Waals surface area (Å²) >= 11 is 5.89. The van der Waals surface area contributed by atoms with Crippen molar-refractivity contribution in [2.24, 2.45) is 11.8 Å². The van der Waals surface area contributed by atoms with Crippen molar-refractivity contribution in [2.45, 2.75) is 12.3 Å². The molecule has 0 aliphatic heterocycles. The molecule has 1 fully saturated rings. The molecule has 0 radical (unpaired) electrons. The maximum absolute atomic E-state index is 11.3. The van der Waals surface area contributed by atoms with Crippen molar-refractivity contribution in [3.05, 3.63) is 34.3 Å². The summed E-state index contributed by atoms with van der Waals surface area (Å²) in [5.41, 5.74) is 4.20. The summed E-state index contributed by atoms with van der Waals surface area (Å²) in [6.07, 6.45) is 0.901. The Hall–Kier alpha value is -1.06. The maximum Gasteiger partial charge on any atom is 0.247 e. The Morgan fingerprint density at radius 2 is 2.33 bits per heavy atom. The summed E-state index contributed by atoms with van der Waals surface area (Å²) in [6, 6.07) is 5.82. The van der Waals surface area contributed by atoms with Crippen molar-refractivity contribution in [1.82, 2.24) is 5.48 Å². The third-order valence-electron chi connectivity index (χ3n) is 3.50. The van der Waals surface area contributed by atoms with E-state index in [0.29, 0.717) is 11.8 Å². The average Bonchev–Trinajstić information content (AvgIpc) is 2.80. The molecule has 2 N–H and O–H groups in total. The Labute approximate surface area is 92.0 Å². The van der Waals surface area contributed by atoms with Gasteiger partial charge in [-0.3, -0.25) is 10.0 Å². The van der Waals surface area contributed by atoms with Crippen LogP contribution in [0.25, 0.3) is 0 Å². The Morgan fingerprint density at radius 1 is 1.53 bits per heavy atom. The minimum Gasteiger partial charge on any atom is -0.289 e. The Bertz CT molecular complexity index is 446. The van der Waals surface area contributed by atoms with Gasteiger partial charge in [0.15, 0.2) is 0 Å². The molecule has 15 heavy (non-hydrogen) atoms. The van der Waals surface area contributed by atoms with E-state index in [2.05, 4.69) is 0 Å². The predicted molar refractivity (Wildman–Crippen MR) is 54.8 cm³/mol. The van der Waals surface area contributed by atoms with Crippen molar-refractivity contribution in [3.8, 4) is 0 Å². The lowest BCUT2D eigenvalue weighted by molar-refractivity contribution is -0.131. The molecule has 1 aromatic rings. The lowest BCUT2D eigenvalue weighted by Gasteiger charge is -2.06. The quantitative estimate of drug-likeness (QED) is 0.563. The molecule has 2 aliphatic rings. The van der Waals surface area contributed by atoms with E-state index in [-0.39, 0.29) is 11.8 Å². The monoisotopic (exact) mass is 223 g/mol. The number of hydroxylamine groups is 1. The topological polar surface area (TPSA) is 49.3 Å². The molecule has 4 heteroatoms. The Morgan fingerprint density at radius 3 is 3.07 bits per heavy atom. The van der Waals surface area contributed by atoms with Gasteiger partial charge < -0.3 is 0 Å². The van der Waals surface area contributed by atoms with Gasteiger partial charge in [-0.25, -0.2) is 5.48 Å². The number of hydrogen-bond acceptors (Lipinski definition) is 2. The molecule has 3 rings (SSSR count). The molecule has 78 valence electrons. The molecule has 0 aromatic heterocycles. The van der Waals surface area contributed by atoms with Crippen LogP contribution in [0.1, 0.15) is 17.0 Å². The van der Waals surface area contributed by atoms with Gasteiger partial charge in [0.1, 0.15) is 0 Å². The normalized spacial score (nSPS) is 30.7. The lowest BCUT2D eigenvalue weighted by atomic mass is 10.0. The fourth-order valence-corrected chi connectivity index (χ4v) is 3.01. The fraction of sp³-hybridized carbons (Fsp3) is 0.364. The van der Waals surface area contributed by atoms with Crippen LogP contribution in [-0.4, -0.2) is 11.1 Å². The van der Waals surface area contributed by atoms with Gasteiger partial charge in [-0.05, 0) is 35.6 Å². The predicted octanol–water partition coefficient (Wildman–Crippen LogP) is 1.73. The number of amides is 1. The molecule has 0 saturated heterocycles. The summed E-state index contributed by atoms with van der Waals surface area (Å²) < 4.78 is 0. The largest absolute Gasteiger partial charge is 0.289 e. The minimum atomic E-state index is -0.259. The van der Waals surface area contributed by atoms with E-state index in [1.54, 1.807) is 5.48 Å². The number of benzene rings is 1. The zero-order valence-electron chi connectivity index (χ0n) is 7.90. The van der Waals surface area contributed by atoms with Crippen molar-refractivity contribution in [3.63, 3.8) is 0 Å². The lowest BCUT2D eigenvalue weighted by Crippen LogP contribution is -2.22. The second-order valence-corrected chi connectivity index (χ2v) is 4.68. The fourth-order valence-electron chi connectivity index (χ4n) is 2.81. The molecule has 1 saturated carbocycles. The van der Waals surface area contributed by atoms with Crippen LogP contribution >= 0.6 is 11.6 Å². The second kappa shape index (κ2) is 2.97. The van der Waals surface area contributed by atoms with Crippen LogP contribution in [0, 0.1) is 11.8 Å². The summed E-state index contributed by atoms with van der Waals surface area (Å²) in [5, 5.41) is 9.32. The number of rotatable bonds is 1.